The summed E-state index contributed by atoms with van der Waals surface area (Å²) in [5.74, 6) is -0.394. The van der Waals surface area contributed by atoms with Crippen molar-refractivity contribution in [3.63, 3.8) is 0 Å². The maximum Gasteiger partial charge on any atom is 0.472 e. The predicted octanol–water partition coefficient (Wildman–Crippen LogP) is 8.29. The number of rotatable bonds is 29. The predicted molar refractivity (Wildman–Crippen MR) is 173 cm³/mol. The molecule has 0 aliphatic carbocycles. The molecule has 2 atom stereocenters. The van der Waals surface area contributed by atoms with Gasteiger partial charge in [-0.25, -0.2) is 4.57 Å². The van der Waals surface area contributed by atoms with E-state index in [9.17, 15) is 14.3 Å². The zero-order chi connectivity index (χ0) is 31.0. The van der Waals surface area contributed by atoms with Gasteiger partial charge in [0.05, 0.1) is 19.8 Å². The topological polar surface area (TPSA) is 117 Å². The van der Waals surface area contributed by atoms with Crippen LogP contribution in [0, 0.1) is 0 Å². The van der Waals surface area contributed by atoms with Crippen molar-refractivity contribution in [1.82, 2.24) is 0 Å². The monoisotopic (exact) mass is 611 g/mol. The fourth-order valence-electron chi connectivity index (χ4n) is 3.68. The highest BCUT2D eigenvalue weighted by atomic mass is 31.2. The second-order valence-corrected chi connectivity index (χ2v) is 11.4. The van der Waals surface area contributed by atoms with Crippen molar-refractivity contribution in [3.05, 3.63) is 60.8 Å². The molecule has 242 valence electrons. The Balaban J connectivity index is 4.25. The van der Waals surface area contributed by atoms with Crippen LogP contribution in [0.25, 0.3) is 0 Å². The zero-order valence-corrected chi connectivity index (χ0v) is 27.1. The highest BCUT2D eigenvalue weighted by Crippen LogP contribution is 2.43. The highest BCUT2D eigenvalue weighted by Gasteiger charge is 2.25. The van der Waals surface area contributed by atoms with Crippen LogP contribution in [-0.2, 0) is 27.9 Å². The van der Waals surface area contributed by atoms with E-state index >= 15 is 0 Å². The number of phosphoric ester groups is 1. The van der Waals surface area contributed by atoms with Crippen LogP contribution in [0.3, 0.4) is 0 Å². The fourth-order valence-corrected chi connectivity index (χ4v) is 4.44. The van der Waals surface area contributed by atoms with Gasteiger partial charge in [-0.2, -0.15) is 0 Å². The molecule has 0 fully saturated rings. The smallest absolute Gasteiger partial charge is 0.457 e. The maximum absolute atomic E-state index is 12.4. The molecule has 0 saturated heterocycles. The number of phosphoric acid groups is 1. The lowest BCUT2D eigenvalue weighted by Gasteiger charge is -2.20. The molecule has 0 aromatic heterocycles. The molecule has 0 spiro atoms. The largest absolute Gasteiger partial charge is 0.472 e. The van der Waals surface area contributed by atoms with Crippen LogP contribution in [0.2, 0.25) is 0 Å². The number of esters is 1. The lowest BCUT2D eigenvalue weighted by Crippen LogP contribution is -2.28. The number of hydrogen-bond acceptors (Lipinski definition) is 7. The first-order chi connectivity index (χ1) is 20.4. The molecule has 0 bridgehead atoms. The molecule has 0 heterocycles. The Hall–Kier alpha value is -1.80. The van der Waals surface area contributed by atoms with Crippen LogP contribution < -0.4 is 5.73 Å². The average Bonchev–Trinajstić information content (AvgIpc) is 2.97. The lowest BCUT2D eigenvalue weighted by molar-refractivity contribution is -0.154. The Labute approximate surface area is 255 Å². The van der Waals surface area contributed by atoms with Gasteiger partial charge in [-0.1, -0.05) is 107 Å². The molecule has 0 saturated carbocycles. The normalized spacial score (nSPS) is 14.7. The lowest BCUT2D eigenvalue weighted by atomic mass is 10.1. The molecule has 0 aromatic carbocycles. The van der Waals surface area contributed by atoms with E-state index in [1.165, 1.54) is 25.7 Å². The zero-order valence-electron chi connectivity index (χ0n) is 26.2. The second kappa shape index (κ2) is 30.7. The molecule has 42 heavy (non-hydrogen) atoms. The van der Waals surface area contributed by atoms with E-state index in [1.54, 1.807) is 0 Å². The minimum absolute atomic E-state index is 0.0889. The highest BCUT2D eigenvalue weighted by molar-refractivity contribution is 7.47. The van der Waals surface area contributed by atoms with Crippen molar-refractivity contribution in [1.29, 1.82) is 0 Å². The first-order valence-corrected chi connectivity index (χ1v) is 17.3. The minimum Gasteiger partial charge on any atom is -0.457 e. The summed E-state index contributed by atoms with van der Waals surface area (Å²) < 4.78 is 32.9. The second-order valence-electron chi connectivity index (χ2n) is 9.94. The van der Waals surface area contributed by atoms with Gasteiger partial charge in [0, 0.05) is 19.6 Å². The number of carbonyl (C=O) groups is 1. The summed E-state index contributed by atoms with van der Waals surface area (Å²) in [6, 6.07) is 0. The van der Waals surface area contributed by atoms with Crippen molar-refractivity contribution < 1.29 is 32.8 Å². The minimum atomic E-state index is -4.27. The molecule has 0 aliphatic heterocycles. The number of nitrogens with two attached hydrogens (primary N) is 1. The standard InChI is InChI=1S/C33H58NO7P/c1-3-5-7-9-11-12-13-14-15-16-17-18-19-20-21-22-24-26-33(35)41-32(31-40-42(36,37)39-29-27-34)30-38-28-25-23-10-8-6-4-2/h5,7,11-12,14-15,17-18,20-21,32H,3-4,6,8-10,13,16,19,22-31,34H2,1-2H3,(H,36,37)/b7-5-,12-11-,15-14-,18-17-,21-20-. The number of carbonyl (C=O) groups excluding carboxylic acids is 1. The Morgan fingerprint density at radius 2 is 1.31 bits per heavy atom. The van der Waals surface area contributed by atoms with Crippen LogP contribution in [0.1, 0.15) is 104 Å². The van der Waals surface area contributed by atoms with E-state index in [1.807, 2.05) is 0 Å². The molecule has 0 amide bonds. The molecular formula is C33H58NO7P. The summed E-state index contributed by atoms with van der Waals surface area (Å²) >= 11 is 0. The van der Waals surface area contributed by atoms with E-state index in [2.05, 4.69) is 74.6 Å². The maximum atomic E-state index is 12.4. The van der Waals surface area contributed by atoms with Crippen LogP contribution in [-0.4, -0.2) is 49.9 Å². The number of ether oxygens (including phenoxy) is 2. The first-order valence-electron chi connectivity index (χ1n) is 15.8. The quantitative estimate of drug-likeness (QED) is 0.0375. The Morgan fingerprint density at radius 1 is 0.738 bits per heavy atom. The molecule has 0 rings (SSSR count). The van der Waals surface area contributed by atoms with Crippen LogP contribution >= 0.6 is 7.82 Å². The summed E-state index contributed by atoms with van der Waals surface area (Å²) in [7, 11) is -4.27. The number of allylic oxidation sites excluding steroid dienone is 10. The van der Waals surface area contributed by atoms with Gasteiger partial charge in [0.15, 0.2) is 0 Å². The van der Waals surface area contributed by atoms with Gasteiger partial charge in [0.2, 0.25) is 0 Å². The van der Waals surface area contributed by atoms with Gasteiger partial charge in [0.25, 0.3) is 0 Å². The van der Waals surface area contributed by atoms with Crippen molar-refractivity contribution >= 4 is 13.8 Å². The third kappa shape index (κ3) is 29.7. The summed E-state index contributed by atoms with van der Waals surface area (Å²) in [6.45, 7) is 4.63. The van der Waals surface area contributed by atoms with E-state index in [-0.39, 0.29) is 32.8 Å². The van der Waals surface area contributed by atoms with Gasteiger partial charge in [-0.15, -0.1) is 0 Å². The average molecular weight is 612 g/mol. The molecule has 0 aromatic rings. The van der Waals surface area contributed by atoms with Crippen LogP contribution in [0.15, 0.2) is 60.8 Å². The van der Waals surface area contributed by atoms with E-state index < -0.39 is 19.9 Å². The molecular weight excluding hydrogens is 553 g/mol. The van der Waals surface area contributed by atoms with Gasteiger partial charge in [-0.3, -0.25) is 13.8 Å². The molecule has 3 N–H and O–H groups in total. The van der Waals surface area contributed by atoms with Crippen molar-refractivity contribution in [2.24, 2.45) is 5.73 Å². The van der Waals surface area contributed by atoms with E-state index in [0.29, 0.717) is 13.0 Å². The SMILES string of the molecule is CC/C=C\C/C=C\C/C=C\C/C=C\C/C=C\CCCC(=O)OC(COCCCCCCCC)COP(=O)(O)OCCN. The van der Waals surface area contributed by atoms with Crippen molar-refractivity contribution in [2.45, 2.75) is 110 Å². The molecule has 2 unspecified atom stereocenters. The Morgan fingerprint density at radius 3 is 1.90 bits per heavy atom. The third-order valence-electron chi connectivity index (χ3n) is 5.95. The van der Waals surface area contributed by atoms with Crippen LogP contribution in [0.5, 0.6) is 0 Å². The van der Waals surface area contributed by atoms with Crippen molar-refractivity contribution in [3.8, 4) is 0 Å². The summed E-state index contributed by atoms with van der Waals surface area (Å²) in [5, 5.41) is 0. The molecule has 0 radical (unpaired) electrons. The summed E-state index contributed by atoms with van der Waals surface area (Å²) in [5.41, 5.74) is 5.31. The Bertz CT molecular complexity index is 823. The first kappa shape index (κ1) is 40.2. The van der Waals surface area contributed by atoms with Crippen LogP contribution in [0.4, 0.5) is 0 Å². The summed E-state index contributed by atoms with van der Waals surface area (Å²) in [4.78, 5) is 22.1. The van der Waals surface area contributed by atoms with E-state index in [4.69, 9.17) is 24.3 Å². The van der Waals surface area contributed by atoms with Crippen molar-refractivity contribution in [2.75, 3.05) is 33.0 Å². The van der Waals surface area contributed by atoms with Gasteiger partial charge in [-0.05, 0) is 51.4 Å². The van der Waals surface area contributed by atoms with Gasteiger partial charge >= 0.3 is 13.8 Å². The molecule has 0 aliphatic rings. The fraction of sp³-hybridized carbons (Fsp3) is 0.667. The number of unbranched alkanes of at least 4 members (excludes halogenated alkanes) is 6. The van der Waals surface area contributed by atoms with Gasteiger partial charge in [0.1, 0.15) is 6.10 Å². The molecule has 8 nitrogen and oxygen atoms in total. The third-order valence-corrected chi connectivity index (χ3v) is 6.93. The van der Waals surface area contributed by atoms with E-state index in [0.717, 1.165) is 51.4 Å². The Kier molecular flexibility index (Phi) is 29.3. The summed E-state index contributed by atoms with van der Waals surface area (Å²) in [6.07, 6.45) is 34.0. The number of hydrogen-bond donors (Lipinski definition) is 2. The molecule has 9 heteroatoms. The van der Waals surface area contributed by atoms with Gasteiger partial charge < -0.3 is 20.1 Å².